The number of carbonyl (C=O) groups excluding carboxylic acids is 3. The zero-order valence-electron chi connectivity index (χ0n) is 24.8. The zero-order chi connectivity index (χ0) is 30.9. The minimum atomic E-state index is -1.17. The number of ether oxygens (including phenoxy) is 2. The molecule has 1 aliphatic carbocycles. The van der Waals surface area contributed by atoms with Crippen LogP contribution in [0, 0.1) is 17.3 Å². The molecule has 5 rings (SSSR count). The minimum Gasteiger partial charge on any atom is -0.481 e. The fourth-order valence-corrected chi connectivity index (χ4v) is 6.43. The second-order valence-corrected chi connectivity index (χ2v) is 13.5. The normalized spacial score (nSPS) is 29.3. The second-order valence-electron chi connectivity index (χ2n) is 13.0. The molecule has 5 atom stereocenters. The molecule has 1 amide bonds. The van der Waals surface area contributed by atoms with Crippen LogP contribution in [0.25, 0.3) is 11.1 Å². The Morgan fingerprint density at radius 3 is 2.74 bits per heavy atom. The van der Waals surface area contributed by atoms with Gasteiger partial charge in [-0.05, 0) is 70.6 Å². The molecule has 1 saturated carbocycles. The smallest absolute Gasteiger partial charge is 0.394 e. The molecular formula is C32H39ClN2O8. The fraction of sp³-hybridized carbons (Fsp3) is 0.594. The Morgan fingerprint density at radius 1 is 1.21 bits per heavy atom. The summed E-state index contributed by atoms with van der Waals surface area (Å²) >= 11 is 6.07. The number of allylic oxidation sites excluding steroid dienone is 2. The number of amides is 1. The zero-order valence-corrected chi connectivity index (χ0v) is 25.6. The van der Waals surface area contributed by atoms with Gasteiger partial charge in [0.2, 0.25) is 5.91 Å². The van der Waals surface area contributed by atoms with Gasteiger partial charge >= 0.3 is 18.0 Å². The summed E-state index contributed by atoms with van der Waals surface area (Å²) in [5.41, 5.74) is -0.881. The molecule has 2 aliphatic heterocycles. The monoisotopic (exact) mass is 614 g/mol. The van der Waals surface area contributed by atoms with Crippen LogP contribution in [0.15, 0.2) is 34.8 Å². The van der Waals surface area contributed by atoms with Gasteiger partial charge in [-0.2, -0.15) is 4.98 Å². The van der Waals surface area contributed by atoms with Crippen molar-refractivity contribution in [1.82, 2.24) is 9.88 Å². The molecule has 43 heavy (non-hydrogen) atoms. The van der Waals surface area contributed by atoms with E-state index in [4.69, 9.17) is 25.5 Å². The van der Waals surface area contributed by atoms with Crippen LogP contribution in [0.5, 0.6) is 6.08 Å². The molecule has 3 aliphatic rings. The highest BCUT2D eigenvalue weighted by Gasteiger charge is 2.61. The number of esters is 1. The summed E-state index contributed by atoms with van der Waals surface area (Å²) in [6.45, 7) is 5.40. The number of oxazole rings is 1. The third-order valence-electron chi connectivity index (χ3n) is 8.54. The van der Waals surface area contributed by atoms with Crippen molar-refractivity contribution in [3.63, 3.8) is 0 Å². The Morgan fingerprint density at radius 2 is 2.00 bits per heavy atom. The molecule has 0 radical (unpaired) electrons. The molecule has 10 nitrogen and oxygen atoms in total. The van der Waals surface area contributed by atoms with Gasteiger partial charge in [0.15, 0.2) is 11.4 Å². The molecule has 0 spiro atoms. The average Bonchev–Trinajstić information content (AvgIpc) is 3.23. The van der Waals surface area contributed by atoms with E-state index < -0.39 is 41.0 Å². The number of rotatable bonds is 5. The first-order valence-electron chi connectivity index (χ1n) is 15.0. The predicted molar refractivity (Wildman–Crippen MR) is 158 cm³/mol. The van der Waals surface area contributed by atoms with Crippen LogP contribution in [0.2, 0.25) is 5.02 Å². The number of hydrogen-bond donors (Lipinski definition) is 1. The summed E-state index contributed by atoms with van der Waals surface area (Å²) in [7, 11) is 0. The van der Waals surface area contributed by atoms with Crippen LogP contribution in [0.3, 0.4) is 0 Å². The maximum absolute atomic E-state index is 14.1. The maximum Gasteiger partial charge on any atom is 0.394 e. The highest BCUT2D eigenvalue weighted by molar-refractivity contribution is 6.31. The summed E-state index contributed by atoms with van der Waals surface area (Å²) < 4.78 is 17.3. The van der Waals surface area contributed by atoms with E-state index in [2.05, 4.69) is 4.98 Å². The van der Waals surface area contributed by atoms with Crippen molar-refractivity contribution in [2.45, 2.75) is 96.3 Å². The summed E-state index contributed by atoms with van der Waals surface area (Å²) in [5.74, 6) is -3.03. The van der Waals surface area contributed by atoms with Crippen molar-refractivity contribution in [2.24, 2.45) is 17.3 Å². The Labute approximate surface area is 255 Å². The molecule has 0 bridgehead atoms. The third kappa shape index (κ3) is 7.22. The molecule has 1 saturated heterocycles. The van der Waals surface area contributed by atoms with Gasteiger partial charge < -0.3 is 23.9 Å². The lowest BCUT2D eigenvalue weighted by Crippen LogP contribution is -2.45. The molecule has 1 aromatic heterocycles. The van der Waals surface area contributed by atoms with Crippen LogP contribution in [-0.4, -0.2) is 62.9 Å². The highest BCUT2D eigenvalue weighted by atomic mass is 35.5. The standard InChI is InChI=1S/C32H39ClN2O8/c1-31(2,3)43-27(37)13-19-9-7-5-4-6-8-10-20-16-32(20,29(39)40)17-25(36)24-15-22(18-35(24)28(19)38)41-30-34-23-14-21(33)11-12-26(23)42-30/h8,10-12,14,19-20,22,24H,4-7,9,13,15-18H2,1-3H3,(H,39,40)/b10-8-/t19-,20+,22-,24+,32-/m1/s1. The first-order valence-corrected chi connectivity index (χ1v) is 15.4. The Kier molecular flexibility index (Phi) is 8.88. The number of fused-ring (bicyclic) bond motifs is 3. The molecular weight excluding hydrogens is 576 g/mol. The Hall–Kier alpha value is -3.40. The molecule has 3 heterocycles. The molecule has 11 heteroatoms. The number of nitrogens with zero attached hydrogens (tertiary/aromatic N) is 2. The molecule has 0 unspecified atom stereocenters. The molecule has 2 fully saturated rings. The summed E-state index contributed by atoms with van der Waals surface area (Å²) in [4.78, 5) is 59.0. The van der Waals surface area contributed by atoms with Crippen molar-refractivity contribution >= 4 is 46.3 Å². The summed E-state index contributed by atoms with van der Waals surface area (Å²) in [6, 6.07) is 4.10. The van der Waals surface area contributed by atoms with E-state index in [1.807, 2.05) is 12.2 Å². The van der Waals surface area contributed by atoms with Crippen molar-refractivity contribution in [3.8, 4) is 6.08 Å². The van der Waals surface area contributed by atoms with Gasteiger partial charge in [-0.1, -0.05) is 36.6 Å². The molecule has 1 aromatic carbocycles. The quantitative estimate of drug-likeness (QED) is 0.330. The van der Waals surface area contributed by atoms with E-state index in [0.29, 0.717) is 29.0 Å². The van der Waals surface area contributed by atoms with E-state index in [9.17, 15) is 24.3 Å². The number of benzene rings is 1. The number of hydrogen-bond acceptors (Lipinski definition) is 8. The van der Waals surface area contributed by atoms with Gasteiger partial charge in [0.25, 0.3) is 0 Å². The predicted octanol–water partition coefficient (Wildman–Crippen LogP) is 5.75. The van der Waals surface area contributed by atoms with E-state index in [1.165, 1.54) is 4.90 Å². The SMILES string of the molecule is CC(C)(C)OC(=O)C[C@H]1CCCCC/C=C\[C@H]2C[C@@]2(C(=O)O)CC(=O)[C@@H]2C[C@@H](Oc3nc4cc(Cl)ccc4o3)CN2C1=O. The van der Waals surface area contributed by atoms with Gasteiger partial charge in [0.1, 0.15) is 17.2 Å². The van der Waals surface area contributed by atoms with Crippen LogP contribution in [0.4, 0.5) is 0 Å². The number of aliphatic carboxylic acids is 1. The van der Waals surface area contributed by atoms with E-state index in [-0.39, 0.29) is 49.5 Å². The fourth-order valence-electron chi connectivity index (χ4n) is 6.27. The Bertz CT molecular complexity index is 1430. The molecule has 1 N–H and O–H groups in total. The van der Waals surface area contributed by atoms with Gasteiger partial charge in [-0.25, -0.2) is 0 Å². The minimum absolute atomic E-state index is 0.00962. The largest absolute Gasteiger partial charge is 0.481 e. The van der Waals surface area contributed by atoms with E-state index in [1.54, 1.807) is 39.0 Å². The number of carboxylic acid groups (broad SMARTS) is 1. The van der Waals surface area contributed by atoms with E-state index in [0.717, 1.165) is 25.7 Å². The number of aromatic nitrogens is 1. The third-order valence-corrected chi connectivity index (χ3v) is 8.77. The van der Waals surface area contributed by atoms with Crippen molar-refractivity contribution < 1.29 is 38.2 Å². The van der Waals surface area contributed by atoms with Crippen molar-refractivity contribution in [1.29, 1.82) is 0 Å². The number of ketones is 1. The second kappa shape index (κ2) is 12.3. The number of carbonyl (C=O) groups is 4. The summed E-state index contributed by atoms with van der Waals surface area (Å²) in [6.07, 6.45) is 7.27. The van der Waals surface area contributed by atoms with Gasteiger partial charge in [0.05, 0.1) is 24.4 Å². The van der Waals surface area contributed by atoms with Crippen LogP contribution < -0.4 is 4.74 Å². The average molecular weight is 615 g/mol. The van der Waals surface area contributed by atoms with Crippen LogP contribution in [0.1, 0.15) is 78.6 Å². The van der Waals surface area contributed by atoms with Crippen LogP contribution >= 0.6 is 11.6 Å². The lowest BCUT2D eigenvalue weighted by Gasteiger charge is -2.29. The van der Waals surface area contributed by atoms with Gasteiger partial charge in [0, 0.05) is 23.8 Å². The summed E-state index contributed by atoms with van der Waals surface area (Å²) in [5, 5.41) is 10.6. The highest BCUT2D eigenvalue weighted by Crippen LogP contribution is 2.57. The number of halogens is 1. The Balaban J connectivity index is 1.42. The van der Waals surface area contributed by atoms with Crippen molar-refractivity contribution in [2.75, 3.05) is 6.54 Å². The topological polar surface area (TPSA) is 136 Å². The lowest BCUT2D eigenvalue weighted by atomic mass is 9.91. The first kappa shape index (κ1) is 31.0. The molecule has 232 valence electrons. The number of carboxylic acids is 1. The number of Topliss-reactive ketones (excluding diaryl/α,β-unsaturated/α-hetero) is 1. The maximum atomic E-state index is 14.1. The lowest BCUT2D eigenvalue weighted by molar-refractivity contribution is -0.159. The molecule has 2 aromatic rings. The van der Waals surface area contributed by atoms with Crippen molar-refractivity contribution in [3.05, 3.63) is 35.4 Å². The van der Waals surface area contributed by atoms with Crippen LogP contribution in [-0.2, 0) is 23.9 Å². The first-order chi connectivity index (χ1) is 20.3. The van der Waals surface area contributed by atoms with E-state index >= 15 is 0 Å². The van der Waals surface area contributed by atoms with Gasteiger partial charge in [-0.15, -0.1) is 0 Å². The van der Waals surface area contributed by atoms with Gasteiger partial charge in [-0.3, -0.25) is 19.2 Å².